The molecule has 122 valence electrons. The minimum Gasteiger partial charge on any atom is -0.378 e. The number of pyridine rings is 1. The van der Waals surface area contributed by atoms with E-state index in [1.54, 1.807) is 0 Å². The van der Waals surface area contributed by atoms with Gasteiger partial charge in [0.05, 0.1) is 29.0 Å². The molecule has 1 aromatic carbocycles. The van der Waals surface area contributed by atoms with Gasteiger partial charge in [-0.1, -0.05) is 30.0 Å². The number of carbonyl (C=O) groups is 1. The molecule has 0 bridgehead atoms. The van der Waals surface area contributed by atoms with Gasteiger partial charge in [-0.15, -0.1) is 0 Å². The fourth-order valence-electron chi connectivity index (χ4n) is 2.86. The van der Waals surface area contributed by atoms with E-state index in [2.05, 4.69) is 38.1 Å². The van der Waals surface area contributed by atoms with Crippen molar-refractivity contribution < 1.29 is 9.53 Å². The molecule has 0 radical (unpaired) electrons. The third-order valence-corrected chi connectivity index (χ3v) is 5.20. The number of hydrogen-bond donors (Lipinski definition) is 0. The van der Waals surface area contributed by atoms with Crippen molar-refractivity contribution in [2.24, 2.45) is 0 Å². The number of rotatable bonds is 3. The van der Waals surface area contributed by atoms with Crippen molar-refractivity contribution in [1.82, 2.24) is 9.88 Å². The van der Waals surface area contributed by atoms with Crippen LogP contribution in [0.3, 0.4) is 0 Å². The van der Waals surface area contributed by atoms with Gasteiger partial charge in [-0.05, 0) is 38.0 Å². The van der Waals surface area contributed by atoms with E-state index in [0.29, 0.717) is 26.3 Å². The maximum atomic E-state index is 12.5. The molecule has 1 saturated heterocycles. The summed E-state index contributed by atoms with van der Waals surface area (Å²) in [4.78, 5) is 19.2. The van der Waals surface area contributed by atoms with Gasteiger partial charge in [0.15, 0.2) is 0 Å². The first-order valence-corrected chi connectivity index (χ1v) is 8.84. The second-order valence-corrected chi connectivity index (χ2v) is 7.31. The molecule has 0 spiro atoms. The van der Waals surface area contributed by atoms with Gasteiger partial charge in [-0.2, -0.15) is 0 Å². The maximum Gasteiger partial charge on any atom is 0.235 e. The van der Waals surface area contributed by atoms with E-state index in [0.717, 1.165) is 10.5 Å². The quantitative estimate of drug-likeness (QED) is 0.811. The Morgan fingerprint density at radius 3 is 2.74 bits per heavy atom. The number of hydrogen-bond acceptors (Lipinski definition) is 4. The van der Waals surface area contributed by atoms with Crippen molar-refractivity contribution in [2.75, 3.05) is 26.3 Å². The molecule has 1 aliphatic rings. The third kappa shape index (κ3) is 3.51. The Morgan fingerprint density at radius 2 is 2.00 bits per heavy atom. The lowest BCUT2D eigenvalue weighted by molar-refractivity contribution is -0.134. The lowest BCUT2D eigenvalue weighted by Crippen LogP contribution is -2.44. The highest BCUT2D eigenvalue weighted by Gasteiger charge is 2.23. The summed E-state index contributed by atoms with van der Waals surface area (Å²) in [6.07, 6.45) is 0. The molecule has 1 amide bonds. The predicted octanol–water partition coefficient (Wildman–Crippen LogP) is 3.19. The molecule has 1 aromatic heterocycles. The molecule has 4 nitrogen and oxygen atoms in total. The van der Waals surface area contributed by atoms with Gasteiger partial charge in [-0.25, -0.2) is 4.98 Å². The molecule has 0 aliphatic carbocycles. The molecule has 2 aromatic rings. The first-order valence-electron chi connectivity index (χ1n) is 7.96. The Kier molecular flexibility index (Phi) is 4.87. The van der Waals surface area contributed by atoms with E-state index >= 15 is 0 Å². The van der Waals surface area contributed by atoms with Crippen LogP contribution in [0, 0.1) is 13.8 Å². The van der Waals surface area contributed by atoms with E-state index in [9.17, 15) is 4.79 Å². The molecule has 23 heavy (non-hydrogen) atoms. The number of ether oxygens (including phenoxy) is 1. The summed E-state index contributed by atoms with van der Waals surface area (Å²) >= 11 is 1.54. The Morgan fingerprint density at radius 1 is 1.26 bits per heavy atom. The highest BCUT2D eigenvalue weighted by atomic mass is 32.2. The molecule has 5 heteroatoms. The molecule has 1 aliphatic heterocycles. The van der Waals surface area contributed by atoms with Gasteiger partial charge in [0.25, 0.3) is 0 Å². The molecule has 1 atom stereocenters. The van der Waals surface area contributed by atoms with Crippen LogP contribution in [0.25, 0.3) is 10.9 Å². The molecular formula is C18H22N2O2S. The number of aryl methyl sites for hydroxylation is 2. The van der Waals surface area contributed by atoms with Gasteiger partial charge in [0.2, 0.25) is 5.91 Å². The number of thioether (sulfide) groups is 1. The maximum absolute atomic E-state index is 12.5. The van der Waals surface area contributed by atoms with Crippen LogP contribution in [0.15, 0.2) is 29.3 Å². The lowest BCUT2D eigenvalue weighted by atomic mass is 10.1. The number of amides is 1. The van der Waals surface area contributed by atoms with E-state index < -0.39 is 0 Å². The van der Waals surface area contributed by atoms with E-state index in [-0.39, 0.29) is 11.2 Å². The zero-order chi connectivity index (χ0) is 16.4. The largest absolute Gasteiger partial charge is 0.378 e. The smallest absolute Gasteiger partial charge is 0.235 e. The molecule has 0 saturated carbocycles. The van der Waals surface area contributed by atoms with Gasteiger partial charge >= 0.3 is 0 Å². The Balaban J connectivity index is 1.80. The first kappa shape index (κ1) is 16.3. The zero-order valence-corrected chi connectivity index (χ0v) is 14.7. The van der Waals surface area contributed by atoms with Crippen molar-refractivity contribution in [3.63, 3.8) is 0 Å². The van der Waals surface area contributed by atoms with Crippen LogP contribution >= 0.6 is 11.8 Å². The number of para-hydroxylation sites is 1. The van der Waals surface area contributed by atoms with Crippen molar-refractivity contribution in [1.29, 1.82) is 0 Å². The standard InChI is InChI=1S/C18H22N2O2S/c1-12-5-4-6-15-13(2)11-16(19-17(12)15)23-14(3)18(21)20-7-9-22-10-8-20/h4-6,11,14H,7-10H2,1-3H3/t14-/m0/s1. The minimum atomic E-state index is -0.138. The molecule has 0 N–H and O–H groups in total. The summed E-state index contributed by atoms with van der Waals surface area (Å²) in [6, 6.07) is 8.31. The van der Waals surface area contributed by atoms with Gasteiger partial charge in [0.1, 0.15) is 0 Å². The summed E-state index contributed by atoms with van der Waals surface area (Å²) in [5, 5.41) is 1.96. The van der Waals surface area contributed by atoms with Gasteiger partial charge in [0, 0.05) is 18.5 Å². The monoisotopic (exact) mass is 330 g/mol. The second-order valence-electron chi connectivity index (χ2n) is 5.95. The topological polar surface area (TPSA) is 42.4 Å². The third-order valence-electron chi connectivity index (χ3n) is 4.19. The number of morpholine rings is 1. The molecule has 0 unspecified atom stereocenters. The zero-order valence-electron chi connectivity index (χ0n) is 13.8. The predicted molar refractivity (Wildman–Crippen MR) is 93.9 cm³/mol. The Hall–Kier alpha value is -1.59. The van der Waals surface area contributed by atoms with Crippen LogP contribution in [0.1, 0.15) is 18.1 Å². The number of nitrogens with zero attached hydrogens (tertiary/aromatic N) is 2. The van der Waals surface area contributed by atoms with E-state index in [1.165, 1.54) is 28.3 Å². The summed E-state index contributed by atoms with van der Waals surface area (Å²) in [6.45, 7) is 8.78. The average molecular weight is 330 g/mol. The normalized spacial score (nSPS) is 16.6. The molecule has 1 fully saturated rings. The molecule has 3 rings (SSSR count). The Bertz CT molecular complexity index is 726. The van der Waals surface area contributed by atoms with Crippen LogP contribution in [-0.2, 0) is 9.53 Å². The lowest BCUT2D eigenvalue weighted by Gasteiger charge is -2.29. The summed E-state index contributed by atoms with van der Waals surface area (Å²) in [7, 11) is 0. The number of fused-ring (bicyclic) bond motifs is 1. The summed E-state index contributed by atoms with van der Waals surface area (Å²) in [5.74, 6) is 0.169. The van der Waals surface area contributed by atoms with Crippen molar-refractivity contribution in [3.8, 4) is 0 Å². The summed E-state index contributed by atoms with van der Waals surface area (Å²) < 4.78 is 5.31. The fourth-order valence-corrected chi connectivity index (χ4v) is 3.86. The SMILES string of the molecule is Cc1cc(S[C@@H](C)C(=O)N2CCOCC2)nc2c(C)cccc12. The van der Waals surface area contributed by atoms with Crippen LogP contribution in [0.5, 0.6) is 0 Å². The van der Waals surface area contributed by atoms with Crippen molar-refractivity contribution in [3.05, 3.63) is 35.4 Å². The van der Waals surface area contributed by atoms with Gasteiger partial charge in [-0.3, -0.25) is 4.79 Å². The fraction of sp³-hybridized carbons (Fsp3) is 0.444. The second kappa shape index (κ2) is 6.89. The van der Waals surface area contributed by atoms with Crippen LogP contribution in [0.2, 0.25) is 0 Å². The van der Waals surface area contributed by atoms with Crippen LogP contribution in [0.4, 0.5) is 0 Å². The molecular weight excluding hydrogens is 308 g/mol. The van der Waals surface area contributed by atoms with Crippen LogP contribution in [-0.4, -0.2) is 47.3 Å². The number of benzene rings is 1. The van der Waals surface area contributed by atoms with Crippen molar-refractivity contribution in [2.45, 2.75) is 31.0 Å². The highest BCUT2D eigenvalue weighted by molar-refractivity contribution is 8.00. The number of carbonyl (C=O) groups excluding carboxylic acids is 1. The minimum absolute atomic E-state index is 0.138. The average Bonchev–Trinajstić information content (AvgIpc) is 2.56. The highest BCUT2D eigenvalue weighted by Crippen LogP contribution is 2.28. The Labute approximate surface area is 141 Å². The van der Waals surface area contributed by atoms with E-state index in [4.69, 9.17) is 9.72 Å². The molecule has 2 heterocycles. The summed E-state index contributed by atoms with van der Waals surface area (Å²) in [5.41, 5.74) is 3.40. The first-order chi connectivity index (χ1) is 11.1. The van der Waals surface area contributed by atoms with Crippen molar-refractivity contribution >= 4 is 28.6 Å². The van der Waals surface area contributed by atoms with E-state index in [1.807, 2.05) is 11.8 Å². The van der Waals surface area contributed by atoms with Crippen LogP contribution < -0.4 is 0 Å². The number of aromatic nitrogens is 1. The van der Waals surface area contributed by atoms with Gasteiger partial charge < -0.3 is 9.64 Å².